The van der Waals surface area contributed by atoms with Gasteiger partial charge >= 0.3 is 13.1 Å². The molecule has 9 heteroatoms. The first-order valence-electron chi connectivity index (χ1n) is 10.9. The van der Waals surface area contributed by atoms with Crippen LogP contribution in [0.1, 0.15) is 39.2 Å². The smallest absolute Gasteiger partial charge is 0.426 e. The second-order valence-electron chi connectivity index (χ2n) is 8.60. The van der Waals surface area contributed by atoms with Crippen molar-refractivity contribution in [1.82, 2.24) is 15.5 Å². The highest BCUT2D eigenvalue weighted by Crippen LogP contribution is 2.26. The Labute approximate surface area is 184 Å². The van der Waals surface area contributed by atoms with Crippen molar-refractivity contribution in [2.75, 3.05) is 13.1 Å². The van der Waals surface area contributed by atoms with Crippen molar-refractivity contribution < 1.29 is 19.6 Å². The number of rotatable bonds is 9. The molecule has 1 aliphatic heterocycles. The van der Waals surface area contributed by atoms with Crippen LogP contribution in [0.25, 0.3) is 0 Å². The minimum absolute atomic E-state index is 0.0557. The van der Waals surface area contributed by atoms with Crippen molar-refractivity contribution in [3.05, 3.63) is 35.9 Å². The van der Waals surface area contributed by atoms with Crippen molar-refractivity contribution in [3.8, 4) is 6.07 Å². The van der Waals surface area contributed by atoms with E-state index in [9.17, 15) is 24.9 Å². The molecule has 1 fully saturated rings. The van der Waals surface area contributed by atoms with E-state index in [4.69, 9.17) is 0 Å². The Morgan fingerprint density at radius 2 is 1.94 bits per heavy atom. The molecule has 1 heterocycles. The van der Waals surface area contributed by atoms with E-state index in [1.165, 1.54) is 0 Å². The Morgan fingerprint density at radius 1 is 1.26 bits per heavy atom. The molecule has 0 radical (unpaired) electrons. The van der Waals surface area contributed by atoms with Crippen LogP contribution < -0.4 is 10.6 Å². The summed E-state index contributed by atoms with van der Waals surface area (Å²) in [6.45, 7) is 6.72. The van der Waals surface area contributed by atoms with E-state index < -0.39 is 25.0 Å². The van der Waals surface area contributed by atoms with Gasteiger partial charge in [-0.05, 0) is 36.7 Å². The van der Waals surface area contributed by atoms with E-state index >= 15 is 0 Å². The van der Waals surface area contributed by atoms with Crippen LogP contribution in [0.5, 0.6) is 0 Å². The molecule has 1 aromatic carbocycles. The number of carbonyl (C=O) groups is 2. The van der Waals surface area contributed by atoms with Crippen molar-refractivity contribution >= 4 is 19.1 Å². The van der Waals surface area contributed by atoms with Crippen LogP contribution in [-0.4, -0.2) is 59.1 Å². The average Bonchev–Trinajstić information content (AvgIpc) is 3.21. The van der Waals surface area contributed by atoms with Gasteiger partial charge in [0.1, 0.15) is 5.92 Å². The predicted octanol–water partition coefficient (Wildman–Crippen LogP) is 1.33. The summed E-state index contributed by atoms with van der Waals surface area (Å²) in [5, 5.41) is 34.1. The number of nitrogens with one attached hydrogen (secondary N) is 2. The van der Waals surface area contributed by atoms with Gasteiger partial charge in [-0.1, -0.05) is 51.1 Å². The first-order valence-corrected chi connectivity index (χ1v) is 10.9. The summed E-state index contributed by atoms with van der Waals surface area (Å²) in [6, 6.07) is 10.7. The molecular formula is C22H33BN4O4. The van der Waals surface area contributed by atoms with Gasteiger partial charge in [-0.3, -0.25) is 4.79 Å². The van der Waals surface area contributed by atoms with E-state index in [-0.39, 0.29) is 36.8 Å². The first-order chi connectivity index (χ1) is 14.7. The molecule has 168 valence electrons. The summed E-state index contributed by atoms with van der Waals surface area (Å²) in [4.78, 5) is 27.0. The van der Waals surface area contributed by atoms with Gasteiger partial charge in [-0.15, -0.1) is 0 Å². The fraction of sp³-hybridized carbons (Fsp3) is 0.591. The fourth-order valence-corrected chi connectivity index (χ4v) is 3.83. The van der Waals surface area contributed by atoms with Crippen LogP contribution in [0.4, 0.5) is 4.79 Å². The lowest BCUT2D eigenvalue weighted by molar-refractivity contribution is -0.136. The standard InChI is InChI=1S/C22H33BN4O4/c1-15(2)16(3)19(13-24)21(28)27-11-7-10-18(27)14-25-22(29)26-20(23(30)31)12-17-8-5-4-6-9-17/h4-6,8-9,15-16,18-20,30-31H,7,10-12,14H2,1-3H3,(H2,25,26,29)/t16?,18-,19?,20-/m0/s1. The molecule has 2 unspecified atom stereocenters. The van der Waals surface area contributed by atoms with Crippen LogP contribution >= 0.6 is 0 Å². The van der Waals surface area contributed by atoms with Crippen molar-refractivity contribution in [3.63, 3.8) is 0 Å². The fourth-order valence-electron chi connectivity index (χ4n) is 3.83. The number of likely N-dealkylation sites (tertiary alicyclic amines) is 1. The van der Waals surface area contributed by atoms with E-state index in [2.05, 4.69) is 16.7 Å². The lowest BCUT2D eigenvalue weighted by Crippen LogP contribution is -2.53. The molecule has 0 spiro atoms. The minimum atomic E-state index is -1.70. The van der Waals surface area contributed by atoms with Crippen LogP contribution in [0, 0.1) is 29.1 Å². The van der Waals surface area contributed by atoms with Crippen LogP contribution in [0.15, 0.2) is 30.3 Å². The number of hydrogen-bond donors (Lipinski definition) is 4. The summed E-state index contributed by atoms with van der Waals surface area (Å²) >= 11 is 0. The van der Waals surface area contributed by atoms with Gasteiger partial charge in [0.05, 0.1) is 12.0 Å². The third-order valence-electron chi connectivity index (χ3n) is 6.12. The first kappa shape index (κ1) is 24.7. The molecule has 0 aromatic heterocycles. The topological polar surface area (TPSA) is 126 Å². The largest absolute Gasteiger partial charge is 0.475 e. The Hall–Kier alpha value is -2.57. The second kappa shape index (κ2) is 11.7. The van der Waals surface area contributed by atoms with Gasteiger partial charge in [0.15, 0.2) is 0 Å². The van der Waals surface area contributed by atoms with Gasteiger partial charge in [-0.2, -0.15) is 5.26 Å². The van der Waals surface area contributed by atoms with Gasteiger partial charge in [-0.25, -0.2) is 4.79 Å². The molecule has 2 rings (SSSR count). The molecule has 0 saturated carbocycles. The van der Waals surface area contributed by atoms with E-state index in [0.29, 0.717) is 6.54 Å². The molecule has 1 aromatic rings. The van der Waals surface area contributed by atoms with Crippen molar-refractivity contribution in [2.45, 2.75) is 52.0 Å². The molecule has 1 aliphatic rings. The Balaban J connectivity index is 1.92. The molecule has 4 atom stereocenters. The van der Waals surface area contributed by atoms with E-state index in [1.807, 2.05) is 51.1 Å². The SMILES string of the molecule is CC(C)C(C)C(C#N)C(=O)N1CCC[C@H]1CNC(=O)N[C@@H](Cc1ccccc1)B(O)O. The number of nitrogens with zero attached hydrogens (tertiary/aromatic N) is 2. The Morgan fingerprint density at radius 3 is 2.52 bits per heavy atom. The minimum Gasteiger partial charge on any atom is -0.426 e. The quantitative estimate of drug-likeness (QED) is 0.442. The molecule has 1 saturated heterocycles. The zero-order valence-corrected chi connectivity index (χ0v) is 18.5. The summed E-state index contributed by atoms with van der Waals surface area (Å²) in [5.41, 5.74) is 0.871. The Kier molecular flexibility index (Phi) is 9.34. The number of carbonyl (C=O) groups excluding carboxylic acids is 2. The van der Waals surface area contributed by atoms with Gasteiger partial charge < -0.3 is 25.6 Å². The van der Waals surface area contributed by atoms with Gasteiger partial charge in [0, 0.05) is 19.1 Å². The molecule has 3 amide bonds. The summed E-state index contributed by atoms with van der Waals surface area (Å²) in [6.07, 6.45) is 1.84. The maximum absolute atomic E-state index is 13.0. The maximum Gasteiger partial charge on any atom is 0.475 e. The van der Waals surface area contributed by atoms with Crippen molar-refractivity contribution in [2.24, 2.45) is 17.8 Å². The summed E-state index contributed by atoms with van der Waals surface area (Å²) < 4.78 is 0. The molecule has 31 heavy (non-hydrogen) atoms. The van der Waals surface area contributed by atoms with Gasteiger partial charge in [0.2, 0.25) is 5.91 Å². The normalized spacial score (nSPS) is 18.7. The predicted molar refractivity (Wildman–Crippen MR) is 119 cm³/mol. The third kappa shape index (κ3) is 6.98. The lowest BCUT2D eigenvalue weighted by atomic mass is 9.76. The summed E-state index contributed by atoms with van der Waals surface area (Å²) in [5.74, 6) is -1.58. The molecule has 8 nitrogen and oxygen atoms in total. The number of amides is 3. The average molecular weight is 428 g/mol. The third-order valence-corrected chi connectivity index (χ3v) is 6.12. The highest BCUT2D eigenvalue weighted by molar-refractivity contribution is 6.43. The number of benzene rings is 1. The van der Waals surface area contributed by atoms with Crippen LogP contribution in [0.2, 0.25) is 0 Å². The number of urea groups is 1. The maximum atomic E-state index is 13.0. The highest BCUT2D eigenvalue weighted by atomic mass is 16.4. The molecule has 0 aliphatic carbocycles. The van der Waals surface area contributed by atoms with Crippen molar-refractivity contribution in [1.29, 1.82) is 5.26 Å². The molecule has 4 N–H and O–H groups in total. The second-order valence-corrected chi connectivity index (χ2v) is 8.60. The lowest BCUT2D eigenvalue weighted by Gasteiger charge is -2.30. The Bertz CT molecular complexity index is 769. The monoisotopic (exact) mass is 428 g/mol. The number of nitriles is 1. The van der Waals surface area contributed by atoms with E-state index in [0.717, 1.165) is 18.4 Å². The van der Waals surface area contributed by atoms with Crippen LogP contribution in [-0.2, 0) is 11.2 Å². The molecule has 0 bridgehead atoms. The number of hydrogen-bond acceptors (Lipinski definition) is 5. The zero-order valence-electron chi connectivity index (χ0n) is 18.5. The highest BCUT2D eigenvalue weighted by Gasteiger charge is 2.36. The van der Waals surface area contributed by atoms with Crippen LogP contribution in [0.3, 0.4) is 0 Å². The van der Waals surface area contributed by atoms with Gasteiger partial charge in [0.25, 0.3) is 0 Å². The zero-order chi connectivity index (χ0) is 23.0. The summed E-state index contributed by atoms with van der Waals surface area (Å²) in [7, 11) is -1.70. The van der Waals surface area contributed by atoms with E-state index in [1.54, 1.807) is 4.90 Å². The molecular weight excluding hydrogens is 395 g/mol.